The number of ether oxygens (including phenoxy) is 1. The van der Waals surface area contributed by atoms with Crippen LogP contribution in [0.5, 0.6) is 0 Å². The van der Waals surface area contributed by atoms with Crippen molar-refractivity contribution in [1.82, 2.24) is 15.1 Å². The number of hydrogen-bond acceptors (Lipinski definition) is 4. The SMILES string of the molecule is O=C(c1ccccc1F)N1CCC(C2(Cc3ccc(F)cc3)NC(=O)N(C3CCOC3)C2=O)CC1. The molecule has 2 unspecified atom stereocenters. The van der Waals surface area contributed by atoms with Crippen molar-refractivity contribution in [3.63, 3.8) is 0 Å². The molecule has 184 valence electrons. The summed E-state index contributed by atoms with van der Waals surface area (Å²) < 4.78 is 33.1. The summed E-state index contributed by atoms with van der Waals surface area (Å²) in [4.78, 5) is 42.7. The van der Waals surface area contributed by atoms with E-state index >= 15 is 0 Å². The molecule has 7 nitrogen and oxygen atoms in total. The molecule has 0 bridgehead atoms. The van der Waals surface area contributed by atoms with Crippen molar-refractivity contribution in [3.8, 4) is 0 Å². The van der Waals surface area contributed by atoms with Gasteiger partial charge in [-0.1, -0.05) is 24.3 Å². The average Bonchev–Trinajstić information content (AvgIpc) is 3.47. The smallest absolute Gasteiger partial charge is 0.325 e. The highest BCUT2D eigenvalue weighted by atomic mass is 19.1. The summed E-state index contributed by atoms with van der Waals surface area (Å²) in [5, 5.41) is 2.99. The zero-order chi connectivity index (χ0) is 24.6. The van der Waals surface area contributed by atoms with Crippen molar-refractivity contribution < 1.29 is 27.9 Å². The van der Waals surface area contributed by atoms with Gasteiger partial charge in [-0.15, -0.1) is 0 Å². The third-order valence-corrected chi connectivity index (χ3v) is 7.40. The van der Waals surface area contributed by atoms with Gasteiger partial charge in [-0.2, -0.15) is 0 Å². The van der Waals surface area contributed by atoms with Crippen LogP contribution in [0.25, 0.3) is 0 Å². The molecule has 9 heteroatoms. The predicted molar refractivity (Wildman–Crippen MR) is 122 cm³/mol. The number of amides is 4. The predicted octanol–water partition coefficient (Wildman–Crippen LogP) is 3.14. The third-order valence-electron chi connectivity index (χ3n) is 7.40. The fraction of sp³-hybridized carbons (Fsp3) is 0.423. The Labute approximate surface area is 202 Å². The highest BCUT2D eigenvalue weighted by molar-refractivity contribution is 6.08. The second kappa shape index (κ2) is 9.37. The maximum atomic E-state index is 14.2. The van der Waals surface area contributed by atoms with Gasteiger partial charge in [-0.25, -0.2) is 13.6 Å². The van der Waals surface area contributed by atoms with Crippen LogP contribution in [-0.4, -0.2) is 65.5 Å². The van der Waals surface area contributed by atoms with E-state index in [0.717, 1.165) is 5.56 Å². The quantitative estimate of drug-likeness (QED) is 0.663. The lowest BCUT2D eigenvalue weighted by atomic mass is 9.73. The van der Waals surface area contributed by atoms with E-state index in [0.29, 0.717) is 45.6 Å². The fourth-order valence-corrected chi connectivity index (χ4v) is 5.51. The zero-order valence-electron chi connectivity index (χ0n) is 19.2. The van der Waals surface area contributed by atoms with Crippen molar-refractivity contribution in [2.24, 2.45) is 5.92 Å². The molecule has 0 spiro atoms. The van der Waals surface area contributed by atoms with Gasteiger partial charge in [-0.05, 0) is 55.0 Å². The van der Waals surface area contributed by atoms with Gasteiger partial charge in [0.25, 0.3) is 11.8 Å². The number of halogens is 2. The highest BCUT2D eigenvalue weighted by Crippen LogP contribution is 2.38. The first-order valence-electron chi connectivity index (χ1n) is 11.9. The first kappa shape index (κ1) is 23.4. The van der Waals surface area contributed by atoms with Crippen LogP contribution in [0.1, 0.15) is 35.2 Å². The summed E-state index contributed by atoms with van der Waals surface area (Å²) >= 11 is 0. The molecule has 3 aliphatic heterocycles. The molecule has 3 aliphatic rings. The van der Waals surface area contributed by atoms with Crippen molar-refractivity contribution in [2.45, 2.75) is 37.3 Å². The van der Waals surface area contributed by atoms with E-state index in [1.54, 1.807) is 23.1 Å². The number of carbonyl (C=O) groups excluding carboxylic acids is 3. The molecular formula is C26H27F2N3O4. The van der Waals surface area contributed by atoms with Crippen molar-refractivity contribution in [3.05, 3.63) is 71.3 Å². The number of piperidine rings is 1. The van der Waals surface area contributed by atoms with Crippen LogP contribution >= 0.6 is 0 Å². The Balaban J connectivity index is 1.39. The van der Waals surface area contributed by atoms with Gasteiger partial charge in [0, 0.05) is 26.1 Å². The molecule has 2 atom stereocenters. The molecule has 35 heavy (non-hydrogen) atoms. The number of imide groups is 1. The van der Waals surface area contributed by atoms with E-state index in [1.165, 1.54) is 35.2 Å². The lowest BCUT2D eigenvalue weighted by Gasteiger charge is -2.41. The fourth-order valence-electron chi connectivity index (χ4n) is 5.51. The number of likely N-dealkylation sites (tertiary alicyclic amines) is 1. The Morgan fingerprint density at radius 1 is 1.03 bits per heavy atom. The van der Waals surface area contributed by atoms with Gasteiger partial charge in [0.15, 0.2) is 0 Å². The van der Waals surface area contributed by atoms with E-state index in [2.05, 4.69) is 5.32 Å². The summed E-state index contributed by atoms with van der Waals surface area (Å²) in [5.74, 6) is -1.89. The Morgan fingerprint density at radius 3 is 2.40 bits per heavy atom. The van der Waals surface area contributed by atoms with Gasteiger partial charge >= 0.3 is 6.03 Å². The van der Waals surface area contributed by atoms with Gasteiger partial charge < -0.3 is 15.0 Å². The summed E-state index contributed by atoms with van der Waals surface area (Å²) in [6.07, 6.45) is 1.72. The van der Waals surface area contributed by atoms with Gasteiger partial charge in [0.2, 0.25) is 0 Å². The normalized spacial score (nSPS) is 25.3. The molecule has 5 rings (SSSR count). The lowest BCUT2D eigenvalue weighted by Crippen LogP contribution is -2.58. The maximum absolute atomic E-state index is 14.2. The Hall–Kier alpha value is -3.33. The molecule has 3 saturated heterocycles. The molecule has 4 amide bonds. The van der Waals surface area contributed by atoms with E-state index in [9.17, 15) is 23.2 Å². The number of carbonyl (C=O) groups is 3. The number of urea groups is 1. The monoisotopic (exact) mass is 483 g/mol. The minimum atomic E-state index is -1.20. The van der Waals surface area contributed by atoms with E-state index in [-0.39, 0.29) is 41.6 Å². The van der Waals surface area contributed by atoms with Crippen LogP contribution in [0, 0.1) is 17.6 Å². The van der Waals surface area contributed by atoms with Crippen LogP contribution < -0.4 is 5.32 Å². The summed E-state index contributed by atoms with van der Waals surface area (Å²) in [6, 6.07) is 11.0. The molecule has 3 heterocycles. The molecular weight excluding hydrogens is 456 g/mol. The second-order valence-corrected chi connectivity index (χ2v) is 9.44. The van der Waals surface area contributed by atoms with Crippen LogP contribution in [0.4, 0.5) is 13.6 Å². The molecule has 2 aromatic rings. The third kappa shape index (κ3) is 4.29. The maximum Gasteiger partial charge on any atom is 0.325 e. The Morgan fingerprint density at radius 2 is 1.74 bits per heavy atom. The van der Waals surface area contributed by atoms with Crippen LogP contribution in [0.3, 0.4) is 0 Å². The number of nitrogens with zero attached hydrogens (tertiary/aromatic N) is 2. The topological polar surface area (TPSA) is 79.0 Å². The van der Waals surface area contributed by atoms with Crippen molar-refractivity contribution in [2.75, 3.05) is 26.3 Å². The largest absolute Gasteiger partial charge is 0.379 e. The summed E-state index contributed by atoms with van der Waals surface area (Å²) in [5.41, 5.74) is -0.455. The molecule has 0 radical (unpaired) electrons. The van der Waals surface area contributed by atoms with E-state index < -0.39 is 17.4 Å². The standard InChI is InChI=1S/C26H27F2N3O4/c27-19-7-5-17(6-8-19)15-26(24(33)31(25(34)29-26)20-11-14-35-16-20)18-9-12-30(13-10-18)23(32)21-3-1-2-4-22(21)28/h1-8,18,20H,9-16H2,(H,29,34). The number of rotatable bonds is 5. The van der Waals surface area contributed by atoms with Crippen LogP contribution in [-0.2, 0) is 16.0 Å². The Kier molecular flexibility index (Phi) is 6.27. The minimum Gasteiger partial charge on any atom is -0.379 e. The zero-order valence-corrected chi connectivity index (χ0v) is 19.2. The van der Waals surface area contributed by atoms with E-state index in [4.69, 9.17) is 4.74 Å². The van der Waals surface area contributed by atoms with Gasteiger partial charge in [0.1, 0.15) is 17.2 Å². The lowest BCUT2D eigenvalue weighted by molar-refractivity contribution is -0.135. The number of benzene rings is 2. The van der Waals surface area contributed by atoms with E-state index in [1.807, 2.05) is 0 Å². The molecule has 0 aromatic heterocycles. The molecule has 0 saturated carbocycles. The molecule has 3 fully saturated rings. The van der Waals surface area contributed by atoms with Crippen molar-refractivity contribution in [1.29, 1.82) is 0 Å². The average molecular weight is 484 g/mol. The van der Waals surface area contributed by atoms with Gasteiger partial charge in [0.05, 0.1) is 18.2 Å². The molecule has 2 aromatic carbocycles. The second-order valence-electron chi connectivity index (χ2n) is 9.44. The number of nitrogens with one attached hydrogen (secondary N) is 1. The van der Waals surface area contributed by atoms with Gasteiger partial charge in [-0.3, -0.25) is 14.5 Å². The highest BCUT2D eigenvalue weighted by Gasteiger charge is 2.57. The van der Waals surface area contributed by atoms with Crippen LogP contribution in [0.2, 0.25) is 0 Å². The summed E-state index contributed by atoms with van der Waals surface area (Å²) in [6.45, 7) is 1.46. The van der Waals surface area contributed by atoms with Crippen LogP contribution in [0.15, 0.2) is 48.5 Å². The summed E-state index contributed by atoms with van der Waals surface area (Å²) in [7, 11) is 0. The minimum absolute atomic E-state index is 0.0182. The van der Waals surface area contributed by atoms with Crippen molar-refractivity contribution >= 4 is 17.8 Å². The molecule has 0 aliphatic carbocycles. The first-order chi connectivity index (χ1) is 16.9. The first-order valence-corrected chi connectivity index (χ1v) is 11.9. The Bertz CT molecular complexity index is 1130. The molecule has 1 N–H and O–H groups in total. The number of hydrogen-bond donors (Lipinski definition) is 1.